The predicted octanol–water partition coefficient (Wildman–Crippen LogP) is 2.66. The Morgan fingerprint density at radius 3 is 2.61 bits per heavy atom. The molecule has 0 bridgehead atoms. The average Bonchev–Trinajstić information content (AvgIpc) is 2.34. The monoisotopic (exact) mass is 256 g/mol. The Morgan fingerprint density at radius 2 is 1.89 bits per heavy atom. The van der Waals surface area contributed by atoms with Gasteiger partial charge >= 0.3 is 0 Å². The summed E-state index contributed by atoms with van der Waals surface area (Å²) in [5.74, 6) is 0. The topological polar surface area (TPSA) is 24.5 Å². The van der Waals surface area contributed by atoms with E-state index in [0.29, 0.717) is 0 Å². The van der Waals surface area contributed by atoms with Crippen molar-refractivity contribution in [2.75, 3.05) is 39.4 Å². The van der Waals surface area contributed by atoms with Crippen molar-refractivity contribution in [2.24, 2.45) is 0 Å². The first-order valence-corrected chi connectivity index (χ1v) is 7.70. The molecule has 3 heteroatoms. The van der Waals surface area contributed by atoms with Crippen molar-refractivity contribution in [2.45, 2.75) is 58.4 Å². The Hall–Kier alpha value is -0.120. The van der Waals surface area contributed by atoms with E-state index in [0.717, 1.165) is 19.8 Å². The molecule has 1 saturated heterocycles. The minimum absolute atomic E-state index is 0.237. The van der Waals surface area contributed by atoms with Crippen LogP contribution < -0.4 is 5.32 Å². The number of morpholine rings is 1. The zero-order chi connectivity index (χ0) is 13.3. The summed E-state index contributed by atoms with van der Waals surface area (Å²) < 4.78 is 5.55. The molecule has 0 aromatic rings. The molecular weight excluding hydrogens is 224 g/mol. The summed E-state index contributed by atoms with van der Waals surface area (Å²) in [5, 5.41) is 3.46. The third kappa shape index (κ3) is 6.17. The Balaban J connectivity index is 1.97. The smallest absolute Gasteiger partial charge is 0.0645 e. The van der Waals surface area contributed by atoms with Crippen LogP contribution in [-0.4, -0.2) is 49.8 Å². The molecule has 0 aromatic heterocycles. The maximum absolute atomic E-state index is 5.55. The van der Waals surface area contributed by atoms with Gasteiger partial charge in [0.1, 0.15) is 0 Å². The van der Waals surface area contributed by atoms with Crippen LogP contribution in [0.3, 0.4) is 0 Å². The molecule has 0 unspecified atom stereocenters. The fraction of sp³-hybridized carbons (Fsp3) is 1.00. The zero-order valence-electron chi connectivity index (χ0n) is 12.6. The second-order valence-electron chi connectivity index (χ2n) is 6.02. The second kappa shape index (κ2) is 8.89. The summed E-state index contributed by atoms with van der Waals surface area (Å²) >= 11 is 0. The number of nitrogens with one attached hydrogen (secondary N) is 1. The molecule has 3 nitrogen and oxygen atoms in total. The molecule has 0 spiro atoms. The lowest BCUT2D eigenvalue weighted by atomic mass is 10.0. The minimum atomic E-state index is 0.237. The maximum atomic E-state index is 5.55. The van der Waals surface area contributed by atoms with Gasteiger partial charge in [0, 0.05) is 12.1 Å². The van der Waals surface area contributed by atoms with Crippen molar-refractivity contribution < 1.29 is 4.74 Å². The number of hydrogen-bond acceptors (Lipinski definition) is 3. The first kappa shape index (κ1) is 15.9. The Bertz CT molecular complexity index is 207. The van der Waals surface area contributed by atoms with Crippen LogP contribution in [0.4, 0.5) is 0 Å². The normalized spacial score (nSPS) is 20.2. The highest BCUT2D eigenvalue weighted by molar-refractivity contribution is 4.84. The van der Waals surface area contributed by atoms with Crippen molar-refractivity contribution in [3.8, 4) is 0 Å². The molecule has 1 aliphatic rings. The standard InChI is InChI=1S/C15H32N2O/c1-4-9-16-10-7-5-6-8-11-17-12-13-18-14-15(17,2)3/h16H,4-14H2,1-3H3. The highest BCUT2D eigenvalue weighted by Crippen LogP contribution is 2.19. The molecule has 108 valence electrons. The fourth-order valence-corrected chi connectivity index (χ4v) is 2.51. The summed E-state index contributed by atoms with van der Waals surface area (Å²) in [4.78, 5) is 2.59. The summed E-state index contributed by atoms with van der Waals surface area (Å²) in [6, 6.07) is 0. The van der Waals surface area contributed by atoms with Crippen molar-refractivity contribution in [1.82, 2.24) is 10.2 Å². The average molecular weight is 256 g/mol. The van der Waals surface area contributed by atoms with E-state index < -0.39 is 0 Å². The molecule has 1 rings (SSSR count). The van der Waals surface area contributed by atoms with Crippen LogP contribution in [-0.2, 0) is 4.74 Å². The second-order valence-corrected chi connectivity index (χ2v) is 6.02. The van der Waals surface area contributed by atoms with E-state index in [2.05, 4.69) is 31.0 Å². The third-order valence-electron chi connectivity index (χ3n) is 3.78. The van der Waals surface area contributed by atoms with Gasteiger partial charge in [0.05, 0.1) is 13.2 Å². The van der Waals surface area contributed by atoms with Crippen LogP contribution >= 0.6 is 0 Å². The molecule has 0 saturated carbocycles. The quantitative estimate of drug-likeness (QED) is 0.642. The zero-order valence-corrected chi connectivity index (χ0v) is 12.6. The lowest BCUT2D eigenvalue weighted by Gasteiger charge is -2.42. The number of rotatable bonds is 9. The van der Waals surface area contributed by atoms with Gasteiger partial charge in [-0.25, -0.2) is 0 Å². The predicted molar refractivity (Wildman–Crippen MR) is 78.1 cm³/mol. The SMILES string of the molecule is CCCNCCCCCCN1CCOCC1(C)C. The molecule has 0 atom stereocenters. The summed E-state index contributed by atoms with van der Waals surface area (Å²) in [6.07, 6.45) is 6.62. The largest absolute Gasteiger partial charge is 0.378 e. The van der Waals surface area contributed by atoms with Crippen molar-refractivity contribution >= 4 is 0 Å². The first-order chi connectivity index (χ1) is 8.67. The maximum Gasteiger partial charge on any atom is 0.0645 e. The molecule has 0 aliphatic carbocycles. The highest BCUT2D eigenvalue weighted by Gasteiger charge is 2.29. The Labute approximate surface area is 113 Å². The number of unbranched alkanes of at least 4 members (excludes halogenated alkanes) is 3. The van der Waals surface area contributed by atoms with Crippen molar-refractivity contribution in [3.63, 3.8) is 0 Å². The van der Waals surface area contributed by atoms with Gasteiger partial charge in [0.25, 0.3) is 0 Å². The number of ether oxygens (including phenoxy) is 1. The molecule has 18 heavy (non-hydrogen) atoms. The molecule has 1 N–H and O–H groups in total. The van der Waals surface area contributed by atoms with Gasteiger partial charge < -0.3 is 10.1 Å². The van der Waals surface area contributed by atoms with Crippen LogP contribution in [0.2, 0.25) is 0 Å². The van der Waals surface area contributed by atoms with Crippen molar-refractivity contribution in [1.29, 1.82) is 0 Å². The summed E-state index contributed by atoms with van der Waals surface area (Å²) in [6.45, 7) is 13.3. The van der Waals surface area contributed by atoms with E-state index in [9.17, 15) is 0 Å². The Kier molecular flexibility index (Phi) is 7.87. The molecule has 1 fully saturated rings. The van der Waals surface area contributed by atoms with Crippen LogP contribution in [0, 0.1) is 0 Å². The van der Waals surface area contributed by atoms with E-state index in [4.69, 9.17) is 4.74 Å². The number of hydrogen-bond donors (Lipinski definition) is 1. The Morgan fingerprint density at radius 1 is 1.11 bits per heavy atom. The van der Waals surface area contributed by atoms with Gasteiger partial charge in [0.2, 0.25) is 0 Å². The van der Waals surface area contributed by atoms with Gasteiger partial charge in [-0.15, -0.1) is 0 Å². The van der Waals surface area contributed by atoms with E-state index in [-0.39, 0.29) is 5.54 Å². The van der Waals surface area contributed by atoms with Crippen LogP contribution in [0.25, 0.3) is 0 Å². The summed E-state index contributed by atoms with van der Waals surface area (Å²) in [7, 11) is 0. The van der Waals surface area contributed by atoms with E-state index >= 15 is 0 Å². The molecular formula is C15H32N2O. The van der Waals surface area contributed by atoms with Crippen LogP contribution in [0.15, 0.2) is 0 Å². The van der Waals surface area contributed by atoms with E-state index in [1.165, 1.54) is 51.7 Å². The highest BCUT2D eigenvalue weighted by atomic mass is 16.5. The van der Waals surface area contributed by atoms with Gasteiger partial charge in [-0.05, 0) is 52.7 Å². The molecule has 1 aliphatic heterocycles. The van der Waals surface area contributed by atoms with Crippen LogP contribution in [0.1, 0.15) is 52.9 Å². The molecule has 0 aromatic carbocycles. The summed E-state index contributed by atoms with van der Waals surface area (Å²) in [5.41, 5.74) is 0.237. The number of nitrogens with zero attached hydrogens (tertiary/aromatic N) is 1. The van der Waals surface area contributed by atoms with Crippen LogP contribution in [0.5, 0.6) is 0 Å². The minimum Gasteiger partial charge on any atom is -0.378 e. The van der Waals surface area contributed by atoms with E-state index in [1.54, 1.807) is 0 Å². The van der Waals surface area contributed by atoms with Gasteiger partial charge in [-0.3, -0.25) is 4.90 Å². The lowest BCUT2D eigenvalue weighted by Crippen LogP contribution is -2.53. The van der Waals surface area contributed by atoms with Gasteiger partial charge in [-0.2, -0.15) is 0 Å². The van der Waals surface area contributed by atoms with Gasteiger partial charge in [-0.1, -0.05) is 19.8 Å². The first-order valence-electron chi connectivity index (χ1n) is 7.70. The lowest BCUT2D eigenvalue weighted by molar-refractivity contribution is -0.0513. The molecule has 0 radical (unpaired) electrons. The van der Waals surface area contributed by atoms with Gasteiger partial charge in [0.15, 0.2) is 0 Å². The molecule has 0 amide bonds. The fourth-order valence-electron chi connectivity index (χ4n) is 2.51. The van der Waals surface area contributed by atoms with E-state index in [1.807, 2.05) is 0 Å². The third-order valence-corrected chi connectivity index (χ3v) is 3.78. The van der Waals surface area contributed by atoms with Crippen molar-refractivity contribution in [3.05, 3.63) is 0 Å². The molecule has 1 heterocycles.